The Morgan fingerprint density at radius 2 is 1.88 bits per heavy atom. The van der Waals surface area contributed by atoms with Gasteiger partial charge in [0.1, 0.15) is 5.57 Å². The van der Waals surface area contributed by atoms with Crippen LogP contribution in [0.4, 0.5) is 0 Å². The fourth-order valence-electron chi connectivity index (χ4n) is 1.16. The normalized spacial score (nSPS) is 11.1. The molecule has 0 saturated carbocycles. The number of benzene rings is 1. The van der Waals surface area contributed by atoms with E-state index in [9.17, 15) is 9.59 Å². The molecule has 0 spiro atoms. The molecule has 0 aliphatic carbocycles. The number of ether oxygens (including phenoxy) is 1. The molecule has 1 aromatic carbocycles. The lowest BCUT2D eigenvalue weighted by atomic mass is 10.1. The van der Waals surface area contributed by atoms with E-state index in [2.05, 4.69) is 4.74 Å². The van der Waals surface area contributed by atoms with Crippen molar-refractivity contribution in [1.29, 1.82) is 0 Å². The van der Waals surface area contributed by atoms with Gasteiger partial charge >= 0.3 is 5.97 Å². The van der Waals surface area contributed by atoms with E-state index < -0.39 is 11.8 Å². The molecule has 0 aliphatic heterocycles. The Hall–Kier alpha value is -1.32. The van der Waals surface area contributed by atoms with Crippen LogP contribution in [0.5, 0.6) is 0 Å². The van der Waals surface area contributed by atoms with Crippen molar-refractivity contribution in [2.45, 2.75) is 0 Å². The number of esters is 1. The van der Waals surface area contributed by atoms with Crippen molar-refractivity contribution in [3.05, 3.63) is 40.4 Å². The lowest BCUT2D eigenvalue weighted by molar-refractivity contribution is -0.137. The predicted molar refractivity (Wildman–Crippen MR) is 67.2 cm³/mol. The first-order valence-electron chi connectivity index (χ1n) is 4.73. The highest BCUT2D eigenvalue weighted by Gasteiger charge is 2.17. The van der Waals surface area contributed by atoms with Crippen molar-refractivity contribution < 1.29 is 14.3 Å². The number of carbonyl (C=O) groups is 2. The number of rotatable bonds is 4. The Morgan fingerprint density at radius 1 is 1.29 bits per heavy atom. The van der Waals surface area contributed by atoms with Gasteiger partial charge in [-0.05, 0) is 23.8 Å². The van der Waals surface area contributed by atoms with Gasteiger partial charge in [0.05, 0.1) is 13.0 Å². The first kappa shape index (κ1) is 13.7. The molecule has 0 radical (unpaired) electrons. The highest BCUT2D eigenvalue weighted by atomic mass is 35.5. The summed E-state index contributed by atoms with van der Waals surface area (Å²) >= 11 is 11.1. The molecular weight excluding hydrogens is 263 g/mol. The molecule has 0 amide bonds. The number of carbonyl (C=O) groups excluding carboxylic acids is 2. The number of hydrogen-bond acceptors (Lipinski definition) is 3. The van der Waals surface area contributed by atoms with Gasteiger partial charge in [-0.2, -0.15) is 0 Å². The number of halogens is 2. The number of alkyl halides is 1. The maximum atomic E-state index is 11.5. The van der Waals surface area contributed by atoms with Crippen LogP contribution >= 0.6 is 23.2 Å². The quantitative estimate of drug-likeness (QED) is 0.278. The zero-order valence-corrected chi connectivity index (χ0v) is 10.6. The summed E-state index contributed by atoms with van der Waals surface area (Å²) in [6.07, 6.45) is 1.42. The minimum Gasteiger partial charge on any atom is -0.465 e. The first-order valence-corrected chi connectivity index (χ1v) is 5.64. The van der Waals surface area contributed by atoms with Crippen LogP contribution in [0.2, 0.25) is 5.02 Å². The fraction of sp³-hybridized carbons (Fsp3) is 0.167. The summed E-state index contributed by atoms with van der Waals surface area (Å²) in [7, 11) is 1.21. The van der Waals surface area contributed by atoms with Gasteiger partial charge in [0.15, 0.2) is 5.78 Å². The smallest absolute Gasteiger partial charge is 0.341 e. The van der Waals surface area contributed by atoms with Crippen molar-refractivity contribution in [1.82, 2.24) is 0 Å². The van der Waals surface area contributed by atoms with E-state index in [0.717, 1.165) is 0 Å². The maximum Gasteiger partial charge on any atom is 0.341 e. The molecule has 0 N–H and O–H groups in total. The Bertz CT molecular complexity index is 431. The molecule has 17 heavy (non-hydrogen) atoms. The molecule has 0 fully saturated rings. The van der Waals surface area contributed by atoms with Crippen LogP contribution in [-0.4, -0.2) is 24.7 Å². The Balaban J connectivity index is 3.09. The molecule has 0 bridgehead atoms. The number of ketones is 1. The SMILES string of the molecule is COC(=O)/C(=C/c1ccc(Cl)cc1)C(=O)CCl. The Morgan fingerprint density at radius 3 is 2.35 bits per heavy atom. The first-order chi connectivity index (χ1) is 8.08. The summed E-state index contributed by atoms with van der Waals surface area (Å²) in [4.78, 5) is 22.8. The lowest BCUT2D eigenvalue weighted by Gasteiger charge is -2.02. The van der Waals surface area contributed by atoms with Crippen LogP contribution in [-0.2, 0) is 14.3 Å². The molecule has 0 unspecified atom stereocenters. The van der Waals surface area contributed by atoms with Gasteiger partial charge < -0.3 is 4.74 Å². The molecule has 1 rings (SSSR count). The zero-order chi connectivity index (χ0) is 12.8. The standard InChI is InChI=1S/C12H10Cl2O3/c1-17-12(16)10(11(15)7-13)6-8-2-4-9(14)5-3-8/h2-6H,7H2,1H3/b10-6+. The van der Waals surface area contributed by atoms with E-state index in [1.165, 1.54) is 13.2 Å². The third-order valence-electron chi connectivity index (χ3n) is 2.01. The van der Waals surface area contributed by atoms with Crippen LogP contribution in [0.3, 0.4) is 0 Å². The highest BCUT2D eigenvalue weighted by molar-refractivity contribution is 6.35. The van der Waals surface area contributed by atoms with Crippen LogP contribution in [0, 0.1) is 0 Å². The van der Waals surface area contributed by atoms with Gasteiger partial charge in [0, 0.05) is 5.02 Å². The molecule has 0 aliphatic rings. The van der Waals surface area contributed by atoms with Gasteiger partial charge in [-0.25, -0.2) is 4.79 Å². The third-order valence-corrected chi connectivity index (χ3v) is 2.50. The van der Waals surface area contributed by atoms with E-state index in [1.54, 1.807) is 24.3 Å². The molecule has 90 valence electrons. The summed E-state index contributed by atoms with van der Waals surface area (Å²) in [6.45, 7) is 0. The summed E-state index contributed by atoms with van der Waals surface area (Å²) in [5.74, 6) is -1.45. The third kappa shape index (κ3) is 3.88. The summed E-state index contributed by atoms with van der Waals surface area (Å²) < 4.78 is 4.52. The van der Waals surface area contributed by atoms with Gasteiger partial charge in [0.25, 0.3) is 0 Å². The second-order valence-corrected chi connectivity index (χ2v) is 3.86. The van der Waals surface area contributed by atoms with Crippen LogP contribution in [0.15, 0.2) is 29.8 Å². The van der Waals surface area contributed by atoms with E-state index >= 15 is 0 Å². The molecule has 5 heteroatoms. The molecular formula is C12H10Cl2O3. The summed E-state index contributed by atoms with van der Waals surface area (Å²) in [5, 5.41) is 0.574. The molecule has 0 saturated heterocycles. The minimum atomic E-state index is -0.703. The molecule has 3 nitrogen and oxygen atoms in total. The molecule has 1 aromatic rings. The van der Waals surface area contributed by atoms with Crippen molar-refractivity contribution in [2.75, 3.05) is 13.0 Å². The van der Waals surface area contributed by atoms with Gasteiger partial charge in [-0.3, -0.25) is 4.79 Å². The maximum absolute atomic E-state index is 11.5. The average molecular weight is 273 g/mol. The van der Waals surface area contributed by atoms with E-state index in [0.29, 0.717) is 10.6 Å². The minimum absolute atomic E-state index is 0.0789. The number of methoxy groups -OCH3 is 1. The van der Waals surface area contributed by atoms with Gasteiger partial charge in [-0.1, -0.05) is 23.7 Å². The second-order valence-electron chi connectivity index (χ2n) is 3.16. The van der Waals surface area contributed by atoms with Gasteiger partial charge in [-0.15, -0.1) is 11.6 Å². The van der Waals surface area contributed by atoms with E-state index in [4.69, 9.17) is 23.2 Å². The number of hydrogen-bond donors (Lipinski definition) is 0. The average Bonchev–Trinajstić information content (AvgIpc) is 2.36. The Labute approximate surface area is 109 Å². The van der Waals surface area contributed by atoms with Crippen LogP contribution in [0.25, 0.3) is 6.08 Å². The fourth-order valence-corrected chi connectivity index (χ4v) is 1.43. The van der Waals surface area contributed by atoms with Crippen molar-refractivity contribution in [3.63, 3.8) is 0 Å². The molecule has 0 atom stereocenters. The van der Waals surface area contributed by atoms with Crippen molar-refractivity contribution in [3.8, 4) is 0 Å². The van der Waals surface area contributed by atoms with E-state index in [-0.39, 0.29) is 11.5 Å². The largest absolute Gasteiger partial charge is 0.465 e. The van der Waals surface area contributed by atoms with Crippen LogP contribution < -0.4 is 0 Å². The lowest BCUT2D eigenvalue weighted by Crippen LogP contribution is -2.15. The van der Waals surface area contributed by atoms with Gasteiger partial charge in [0.2, 0.25) is 0 Å². The topological polar surface area (TPSA) is 43.4 Å². The second kappa shape index (κ2) is 6.42. The van der Waals surface area contributed by atoms with Crippen molar-refractivity contribution in [2.24, 2.45) is 0 Å². The summed E-state index contributed by atoms with van der Waals surface area (Å²) in [6, 6.07) is 6.69. The zero-order valence-electron chi connectivity index (χ0n) is 9.07. The van der Waals surface area contributed by atoms with Crippen LogP contribution in [0.1, 0.15) is 5.56 Å². The van der Waals surface area contributed by atoms with Crippen molar-refractivity contribution >= 4 is 41.0 Å². The predicted octanol–water partition coefficient (Wildman–Crippen LogP) is 2.70. The highest BCUT2D eigenvalue weighted by Crippen LogP contribution is 2.14. The molecule has 0 aromatic heterocycles. The Kier molecular flexibility index (Phi) is 5.19. The monoisotopic (exact) mass is 272 g/mol. The number of Topliss-reactive ketones (excluding diaryl/α,β-unsaturated/α-hetero) is 1. The van der Waals surface area contributed by atoms with E-state index in [1.807, 2.05) is 0 Å². The summed E-state index contributed by atoms with van der Waals surface area (Å²) in [5.41, 5.74) is 0.595. The molecule has 0 heterocycles.